The number of alkyl halides is 3. The summed E-state index contributed by atoms with van der Waals surface area (Å²) in [4.78, 5) is 0. The van der Waals surface area contributed by atoms with Gasteiger partial charge < -0.3 is 4.74 Å². The second kappa shape index (κ2) is 12.2. The van der Waals surface area contributed by atoms with Crippen molar-refractivity contribution in [2.75, 3.05) is 6.61 Å². The van der Waals surface area contributed by atoms with Gasteiger partial charge in [0.25, 0.3) is 0 Å². The fourth-order valence-corrected chi connectivity index (χ4v) is 5.78. The molecule has 3 rings (SSSR count). The van der Waals surface area contributed by atoms with Crippen molar-refractivity contribution in [2.24, 2.45) is 17.3 Å². The van der Waals surface area contributed by atoms with Crippen molar-refractivity contribution in [2.45, 2.75) is 74.6 Å². The van der Waals surface area contributed by atoms with Gasteiger partial charge in [-0.15, -0.1) is 0 Å². The van der Waals surface area contributed by atoms with Crippen LogP contribution < -0.4 is 0 Å². The summed E-state index contributed by atoms with van der Waals surface area (Å²) in [7, 11) is 0. The monoisotopic (exact) mass is 538 g/mol. The second-order valence-electron chi connectivity index (χ2n) is 9.87. The molecular weight excluding hydrogens is 503 g/mol. The number of hydrogen-bond donors (Lipinski definition) is 0. The largest absolute Gasteiger partial charge is 0.373 e. The number of hydrogen-bond acceptors (Lipinski definition) is 1. The van der Waals surface area contributed by atoms with E-state index in [1.165, 1.54) is 36.8 Å². The molecule has 1 aliphatic rings. The lowest BCUT2D eigenvalue weighted by molar-refractivity contribution is -0.0555. The van der Waals surface area contributed by atoms with Crippen LogP contribution in [0.4, 0.5) is 0 Å². The smallest absolute Gasteiger partial charge is 0.172 e. The van der Waals surface area contributed by atoms with Crippen molar-refractivity contribution in [3.8, 4) is 0 Å². The quantitative estimate of drug-likeness (QED) is 0.258. The lowest BCUT2D eigenvalue weighted by Crippen LogP contribution is -2.39. The number of halogens is 3. The highest BCUT2D eigenvalue weighted by atomic mass is 79.9. The van der Waals surface area contributed by atoms with E-state index in [0.29, 0.717) is 18.3 Å². The molecule has 1 fully saturated rings. The van der Waals surface area contributed by atoms with Gasteiger partial charge in [-0.3, -0.25) is 0 Å². The Morgan fingerprint density at radius 2 is 1.59 bits per heavy atom. The minimum atomic E-state index is -0.877. The van der Waals surface area contributed by atoms with E-state index in [1.54, 1.807) is 0 Å². The average Bonchev–Trinajstić information content (AvgIpc) is 2.79. The van der Waals surface area contributed by atoms with E-state index in [1.807, 2.05) is 0 Å². The Balaban J connectivity index is 1.75. The van der Waals surface area contributed by atoms with Crippen LogP contribution in [0.5, 0.6) is 0 Å². The Morgan fingerprint density at radius 1 is 0.969 bits per heavy atom. The summed E-state index contributed by atoms with van der Waals surface area (Å²) in [5.41, 5.74) is 2.66. The highest BCUT2D eigenvalue weighted by molar-refractivity contribution is 9.11. The predicted molar refractivity (Wildman–Crippen MR) is 142 cm³/mol. The van der Waals surface area contributed by atoms with Gasteiger partial charge in [-0.05, 0) is 76.4 Å². The van der Waals surface area contributed by atoms with Crippen molar-refractivity contribution >= 4 is 39.1 Å². The summed E-state index contributed by atoms with van der Waals surface area (Å²) in [5.74, 6) is 1.33. The summed E-state index contributed by atoms with van der Waals surface area (Å²) in [6, 6.07) is 21.4. The van der Waals surface area contributed by atoms with Crippen molar-refractivity contribution in [1.82, 2.24) is 0 Å². The van der Waals surface area contributed by atoms with Crippen LogP contribution in [0.1, 0.15) is 76.0 Å². The van der Waals surface area contributed by atoms with E-state index >= 15 is 0 Å². The van der Waals surface area contributed by atoms with Gasteiger partial charge in [0.05, 0.1) is 12.7 Å². The molecule has 4 atom stereocenters. The van der Waals surface area contributed by atoms with Crippen LogP contribution >= 0.6 is 39.1 Å². The first-order chi connectivity index (χ1) is 15.3. The van der Waals surface area contributed by atoms with Crippen LogP contribution in [0.3, 0.4) is 0 Å². The van der Waals surface area contributed by atoms with Crippen molar-refractivity contribution in [1.29, 1.82) is 0 Å². The lowest BCUT2D eigenvalue weighted by Gasteiger charge is -2.44. The molecule has 1 nitrogen and oxygen atoms in total. The predicted octanol–water partition coefficient (Wildman–Crippen LogP) is 9.52. The van der Waals surface area contributed by atoms with E-state index in [9.17, 15) is 0 Å². The molecule has 4 heteroatoms. The highest BCUT2D eigenvalue weighted by Crippen LogP contribution is 2.48. The number of benzene rings is 2. The summed E-state index contributed by atoms with van der Waals surface area (Å²) < 4.78 is 5.90. The summed E-state index contributed by atoms with van der Waals surface area (Å²) in [6.45, 7) is 5.54. The summed E-state index contributed by atoms with van der Waals surface area (Å²) in [6.07, 6.45) is 8.92. The van der Waals surface area contributed by atoms with Gasteiger partial charge in [-0.2, -0.15) is 0 Å². The van der Waals surface area contributed by atoms with E-state index in [-0.39, 0.29) is 11.5 Å². The molecule has 0 amide bonds. The van der Waals surface area contributed by atoms with Crippen LogP contribution in [-0.2, 0) is 11.2 Å². The standard InChI is InChI=1S/C28H37BrCl2O/c1-22-11-9-10-16-25(22)27(2,19-20-28(29,30)31)21-32-26(24-14-7-4-8-15-24)18-17-23-12-5-3-6-13-23/h3-8,12-15,22,25-26H,9-11,16-21H2,1-2H3. The molecule has 0 bridgehead atoms. The maximum Gasteiger partial charge on any atom is 0.172 e. The first kappa shape index (κ1) is 26.1. The summed E-state index contributed by atoms with van der Waals surface area (Å²) >= 11 is 16.1. The first-order valence-corrected chi connectivity index (χ1v) is 13.6. The topological polar surface area (TPSA) is 9.23 Å². The number of ether oxygens (including phenoxy) is 1. The Bertz CT molecular complexity index is 792. The molecule has 1 aliphatic carbocycles. The van der Waals surface area contributed by atoms with Gasteiger partial charge in [0.2, 0.25) is 0 Å². The lowest BCUT2D eigenvalue weighted by atomic mass is 9.63. The van der Waals surface area contributed by atoms with Gasteiger partial charge in [0, 0.05) is 0 Å². The van der Waals surface area contributed by atoms with Gasteiger partial charge in [0.15, 0.2) is 3.24 Å². The average molecular weight is 540 g/mol. The molecule has 4 unspecified atom stereocenters. The Morgan fingerprint density at radius 3 is 2.22 bits per heavy atom. The zero-order chi connectivity index (χ0) is 23.0. The van der Waals surface area contributed by atoms with E-state index < -0.39 is 3.24 Å². The minimum absolute atomic E-state index is 0.0441. The first-order valence-electron chi connectivity index (χ1n) is 12.0. The van der Waals surface area contributed by atoms with E-state index in [4.69, 9.17) is 27.9 Å². The fourth-order valence-electron chi connectivity index (χ4n) is 5.39. The molecule has 0 N–H and O–H groups in total. The van der Waals surface area contributed by atoms with Crippen LogP contribution in [0.2, 0.25) is 0 Å². The van der Waals surface area contributed by atoms with Crippen LogP contribution in [0.15, 0.2) is 60.7 Å². The Kier molecular flexibility index (Phi) is 9.98. The number of rotatable bonds is 11. The molecule has 2 aromatic carbocycles. The minimum Gasteiger partial charge on any atom is -0.373 e. The van der Waals surface area contributed by atoms with Crippen LogP contribution in [-0.4, -0.2) is 9.85 Å². The third kappa shape index (κ3) is 8.05. The Labute approximate surface area is 213 Å². The third-order valence-corrected chi connectivity index (χ3v) is 8.08. The maximum atomic E-state index is 6.78. The molecule has 1 saturated carbocycles. The molecular formula is C28H37BrCl2O. The molecule has 0 spiro atoms. The van der Waals surface area contributed by atoms with E-state index in [0.717, 1.165) is 25.9 Å². The van der Waals surface area contributed by atoms with Crippen LogP contribution in [0, 0.1) is 17.3 Å². The summed E-state index contributed by atoms with van der Waals surface area (Å²) in [5, 5.41) is 0. The fraction of sp³-hybridized carbons (Fsp3) is 0.571. The normalized spacial score (nSPS) is 22.3. The molecule has 32 heavy (non-hydrogen) atoms. The number of aryl methyl sites for hydroxylation is 1. The van der Waals surface area contributed by atoms with Crippen molar-refractivity contribution < 1.29 is 4.74 Å². The SMILES string of the molecule is CC1CCCCC1C(C)(CCC(Cl)(Cl)Br)COC(CCc1ccccc1)c1ccccc1. The molecule has 0 aliphatic heterocycles. The van der Waals surface area contributed by atoms with Gasteiger partial charge in [-0.1, -0.05) is 117 Å². The van der Waals surface area contributed by atoms with Gasteiger partial charge in [0.1, 0.15) is 0 Å². The second-order valence-corrected chi connectivity index (χ2v) is 13.6. The zero-order valence-electron chi connectivity index (χ0n) is 19.4. The van der Waals surface area contributed by atoms with Crippen molar-refractivity contribution in [3.63, 3.8) is 0 Å². The molecule has 0 heterocycles. The highest BCUT2D eigenvalue weighted by Gasteiger charge is 2.40. The van der Waals surface area contributed by atoms with E-state index in [2.05, 4.69) is 90.4 Å². The third-order valence-electron chi connectivity index (χ3n) is 7.31. The van der Waals surface area contributed by atoms with Crippen molar-refractivity contribution in [3.05, 3.63) is 71.8 Å². The van der Waals surface area contributed by atoms with Gasteiger partial charge >= 0.3 is 0 Å². The molecule has 0 aromatic heterocycles. The molecule has 0 saturated heterocycles. The molecule has 176 valence electrons. The van der Waals surface area contributed by atoms with Crippen LogP contribution in [0.25, 0.3) is 0 Å². The molecule has 0 radical (unpaired) electrons. The Hall–Kier alpha value is -0.540. The zero-order valence-corrected chi connectivity index (χ0v) is 22.5. The maximum absolute atomic E-state index is 6.78. The molecule has 2 aromatic rings. The van der Waals surface area contributed by atoms with Gasteiger partial charge in [-0.25, -0.2) is 0 Å².